The lowest BCUT2D eigenvalue weighted by Crippen LogP contribution is -2.40. The number of aromatic amines is 1. The normalized spacial score (nSPS) is 11.5. The maximum absolute atomic E-state index is 5.61. The highest BCUT2D eigenvalue weighted by atomic mass is 16.5. The summed E-state index contributed by atoms with van der Waals surface area (Å²) < 4.78 is 5.61. The molecular formula is C20H25N5O. The van der Waals surface area contributed by atoms with Gasteiger partial charge in [0, 0.05) is 36.9 Å². The molecule has 0 fully saturated rings. The van der Waals surface area contributed by atoms with Crippen molar-refractivity contribution in [2.75, 3.05) is 26.7 Å². The van der Waals surface area contributed by atoms with Crippen molar-refractivity contribution in [3.8, 4) is 5.75 Å². The lowest BCUT2D eigenvalue weighted by atomic mass is 10.1. The molecule has 0 atom stereocenters. The summed E-state index contributed by atoms with van der Waals surface area (Å²) in [5, 5.41) is 7.87. The van der Waals surface area contributed by atoms with Crippen LogP contribution in [-0.4, -0.2) is 42.7 Å². The SMILES string of the molecule is CN=C(NCCOc1cccnc1)NCCc1c[nH]c2cc(C)ccc12. The molecule has 2 aromatic heterocycles. The Labute approximate surface area is 153 Å². The van der Waals surface area contributed by atoms with Crippen LogP contribution in [0.15, 0.2) is 53.9 Å². The van der Waals surface area contributed by atoms with Crippen LogP contribution < -0.4 is 15.4 Å². The number of aromatic nitrogens is 2. The molecule has 3 aromatic rings. The van der Waals surface area contributed by atoms with Gasteiger partial charge in [0.2, 0.25) is 0 Å². The van der Waals surface area contributed by atoms with Crippen LogP contribution >= 0.6 is 0 Å². The van der Waals surface area contributed by atoms with Crippen molar-refractivity contribution < 1.29 is 4.74 Å². The number of hydrogen-bond donors (Lipinski definition) is 3. The van der Waals surface area contributed by atoms with Gasteiger partial charge in [0.25, 0.3) is 0 Å². The minimum Gasteiger partial charge on any atom is -0.490 e. The zero-order chi connectivity index (χ0) is 18.2. The molecule has 0 bridgehead atoms. The number of fused-ring (bicyclic) bond motifs is 1. The van der Waals surface area contributed by atoms with Crippen LogP contribution in [0.3, 0.4) is 0 Å². The van der Waals surface area contributed by atoms with Gasteiger partial charge in [-0.25, -0.2) is 0 Å². The Hall–Kier alpha value is -3.02. The van der Waals surface area contributed by atoms with E-state index in [1.807, 2.05) is 12.1 Å². The van der Waals surface area contributed by atoms with E-state index in [1.54, 1.807) is 19.4 Å². The van der Waals surface area contributed by atoms with Crippen LogP contribution in [0.4, 0.5) is 0 Å². The molecule has 3 rings (SSSR count). The number of rotatable bonds is 7. The van der Waals surface area contributed by atoms with E-state index in [1.165, 1.54) is 22.0 Å². The molecule has 136 valence electrons. The lowest BCUT2D eigenvalue weighted by Gasteiger charge is -2.12. The molecular weight excluding hydrogens is 326 g/mol. The monoisotopic (exact) mass is 351 g/mol. The topological polar surface area (TPSA) is 74.3 Å². The van der Waals surface area contributed by atoms with Crippen LogP contribution in [0.25, 0.3) is 10.9 Å². The third-order valence-corrected chi connectivity index (χ3v) is 4.13. The highest BCUT2D eigenvalue weighted by Gasteiger charge is 2.04. The predicted molar refractivity (Wildman–Crippen MR) is 106 cm³/mol. The fourth-order valence-electron chi connectivity index (χ4n) is 2.81. The van der Waals surface area contributed by atoms with Gasteiger partial charge < -0.3 is 20.4 Å². The van der Waals surface area contributed by atoms with Gasteiger partial charge in [0.15, 0.2) is 5.96 Å². The van der Waals surface area contributed by atoms with Gasteiger partial charge >= 0.3 is 0 Å². The average Bonchev–Trinajstić information content (AvgIpc) is 3.06. The largest absolute Gasteiger partial charge is 0.490 e. The Bertz CT molecular complexity index is 857. The minimum absolute atomic E-state index is 0.550. The summed E-state index contributed by atoms with van der Waals surface area (Å²) in [4.78, 5) is 11.6. The molecule has 0 unspecified atom stereocenters. The van der Waals surface area contributed by atoms with E-state index in [2.05, 4.69) is 56.9 Å². The van der Waals surface area contributed by atoms with Gasteiger partial charge in [-0.1, -0.05) is 12.1 Å². The molecule has 1 aromatic carbocycles. The molecule has 0 amide bonds. The number of pyridine rings is 1. The Balaban J connectivity index is 1.41. The Kier molecular flexibility index (Phi) is 6.09. The summed E-state index contributed by atoms with van der Waals surface area (Å²) in [6, 6.07) is 10.3. The number of guanidine groups is 1. The van der Waals surface area contributed by atoms with E-state index in [0.717, 1.165) is 24.7 Å². The fourth-order valence-corrected chi connectivity index (χ4v) is 2.81. The van der Waals surface area contributed by atoms with E-state index in [0.29, 0.717) is 13.2 Å². The summed E-state index contributed by atoms with van der Waals surface area (Å²) in [6.07, 6.45) is 6.45. The van der Waals surface area contributed by atoms with E-state index in [4.69, 9.17) is 4.74 Å². The highest BCUT2D eigenvalue weighted by Crippen LogP contribution is 2.19. The second-order valence-electron chi connectivity index (χ2n) is 6.08. The van der Waals surface area contributed by atoms with Crippen molar-refractivity contribution in [1.82, 2.24) is 20.6 Å². The maximum atomic E-state index is 5.61. The van der Waals surface area contributed by atoms with Crippen molar-refractivity contribution in [1.29, 1.82) is 0 Å². The smallest absolute Gasteiger partial charge is 0.191 e. The molecule has 6 nitrogen and oxygen atoms in total. The van der Waals surface area contributed by atoms with Crippen molar-refractivity contribution in [3.05, 3.63) is 60.0 Å². The third-order valence-electron chi connectivity index (χ3n) is 4.13. The molecule has 0 saturated heterocycles. The van der Waals surface area contributed by atoms with Crippen molar-refractivity contribution in [2.45, 2.75) is 13.3 Å². The predicted octanol–water partition coefficient (Wildman–Crippen LogP) is 2.66. The van der Waals surface area contributed by atoms with E-state index >= 15 is 0 Å². The van der Waals surface area contributed by atoms with Crippen molar-refractivity contribution >= 4 is 16.9 Å². The first-order chi connectivity index (χ1) is 12.8. The first kappa shape index (κ1) is 17.8. The molecule has 2 heterocycles. The van der Waals surface area contributed by atoms with Crippen LogP contribution in [0.1, 0.15) is 11.1 Å². The zero-order valence-corrected chi connectivity index (χ0v) is 15.2. The first-order valence-corrected chi connectivity index (χ1v) is 8.80. The van der Waals surface area contributed by atoms with Crippen molar-refractivity contribution in [2.24, 2.45) is 4.99 Å². The molecule has 26 heavy (non-hydrogen) atoms. The second-order valence-corrected chi connectivity index (χ2v) is 6.08. The number of nitrogens with zero attached hydrogens (tertiary/aromatic N) is 2. The van der Waals surface area contributed by atoms with Crippen LogP contribution in [0.2, 0.25) is 0 Å². The number of aryl methyl sites for hydroxylation is 1. The van der Waals surface area contributed by atoms with Gasteiger partial charge in [0.1, 0.15) is 12.4 Å². The number of ether oxygens (including phenoxy) is 1. The summed E-state index contributed by atoms with van der Waals surface area (Å²) in [5.74, 6) is 1.54. The molecule has 6 heteroatoms. The molecule has 0 spiro atoms. The summed E-state index contributed by atoms with van der Waals surface area (Å²) in [6.45, 7) is 4.13. The number of hydrogen-bond acceptors (Lipinski definition) is 3. The van der Waals surface area contributed by atoms with Gasteiger partial charge in [0.05, 0.1) is 12.7 Å². The Morgan fingerprint density at radius 1 is 1.23 bits per heavy atom. The summed E-state index contributed by atoms with van der Waals surface area (Å²) >= 11 is 0. The highest BCUT2D eigenvalue weighted by molar-refractivity contribution is 5.84. The molecule has 3 N–H and O–H groups in total. The van der Waals surface area contributed by atoms with Gasteiger partial charge in [-0.3, -0.25) is 9.98 Å². The van der Waals surface area contributed by atoms with Crippen LogP contribution in [-0.2, 0) is 6.42 Å². The number of aliphatic imine (C=N–C) groups is 1. The third kappa shape index (κ3) is 4.75. The Morgan fingerprint density at radius 3 is 2.92 bits per heavy atom. The van der Waals surface area contributed by atoms with E-state index < -0.39 is 0 Å². The number of nitrogens with one attached hydrogen (secondary N) is 3. The van der Waals surface area contributed by atoms with E-state index in [-0.39, 0.29) is 0 Å². The van der Waals surface area contributed by atoms with Crippen LogP contribution in [0.5, 0.6) is 5.75 Å². The summed E-state index contributed by atoms with van der Waals surface area (Å²) in [5.41, 5.74) is 3.76. The number of H-pyrrole nitrogens is 1. The van der Waals surface area contributed by atoms with Crippen LogP contribution in [0, 0.1) is 6.92 Å². The molecule has 0 aliphatic heterocycles. The number of benzene rings is 1. The lowest BCUT2D eigenvalue weighted by molar-refractivity contribution is 0.320. The van der Waals surface area contributed by atoms with E-state index in [9.17, 15) is 0 Å². The second kappa shape index (κ2) is 8.89. The minimum atomic E-state index is 0.550. The summed E-state index contributed by atoms with van der Waals surface area (Å²) in [7, 11) is 1.77. The molecule has 0 radical (unpaired) electrons. The average molecular weight is 351 g/mol. The standard InChI is InChI=1S/C20H25N5O/c1-15-5-6-18-16(13-25-19(18)12-15)7-9-23-20(21-2)24-10-11-26-17-4-3-8-22-14-17/h3-6,8,12-14,25H,7,9-11H2,1-2H3,(H2,21,23,24). The molecule has 0 aliphatic carbocycles. The fraction of sp³-hybridized carbons (Fsp3) is 0.300. The first-order valence-electron chi connectivity index (χ1n) is 8.80. The van der Waals surface area contributed by atoms with Crippen molar-refractivity contribution in [3.63, 3.8) is 0 Å². The Morgan fingerprint density at radius 2 is 2.12 bits per heavy atom. The molecule has 0 saturated carbocycles. The maximum Gasteiger partial charge on any atom is 0.191 e. The quantitative estimate of drug-likeness (QED) is 0.348. The van der Waals surface area contributed by atoms with Gasteiger partial charge in [-0.05, 0) is 42.7 Å². The van der Waals surface area contributed by atoms with Gasteiger partial charge in [-0.2, -0.15) is 0 Å². The zero-order valence-electron chi connectivity index (χ0n) is 15.2. The molecule has 0 aliphatic rings. The van der Waals surface area contributed by atoms with Gasteiger partial charge in [-0.15, -0.1) is 0 Å².